The predicted molar refractivity (Wildman–Crippen MR) is 69.1 cm³/mol. The van der Waals surface area contributed by atoms with Crippen LogP contribution in [0.1, 0.15) is 24.4 Å². The van der Waals surface area contributed by atoms with Gasteiger partial charge in [-0.15, -0.1) is 11.8 Å². The van der Waals surface area contributed by atoms with Crippen molar-refractivity contribution in [3.05, 3.63) is 29.6 Å². The van der Waals surface area contributed by atoms with Crippen LogP contribution in [0.15, 0.2) is 23.1 Å². The number of ether oxygens (including phenoxy) is 1. The van der Waals surface area contributed by atoms with E-state index in [1.54, 1.807) is 17.8 Å². The van der Waals surface area contributed by atoms with Crippen LogP contribution >= 0.6 is 11.8 Å². The SMILES string of the molecule is COC(=O)CCNC1CCSc2c(F)cccc21. The lowest BCUT2D eigenvalue weighted by atomic mass is 10.0. The van der Waals surface area contributed by atoms with E-state index in [-0.39, 0.29) is 17.8 Å². The highest BCUT2D eigenvalue weighted by atomic mass is 32.2. The molecule has 1 N–H and O–H groups in total. The number of rotatable bonds is 4. The molecule has 0 bridgehead atoms. The number of esters is 1. The molecule has 0 aliphatic carbocycles. The fourth-order valence-electron chi connectivity index (χ4n) is 2.05. The van der Waals surface area contributed by atoms with Crippen LogP contribution in [0, 0.1) is 5.82 Å². The summed E-state index contributed by atoms with van der Waals surface area (Å²) in [7, 11) is 1.38. The zero-order valence-corrected chi connectivity index (χ0v) is 11.1. The third-order valence-corrected chi connectivity index (χ3v) is 4.13. The number of carbonyl (C=O) groups excluding carboxylic acids is 1. The first-order chi connectivity index (χ1) is 8.72. The molecule has 1 aromatic carbocycles. The topological polar surface area (TPSA) is 38.3 Å². The van der Waals surface area contributed by atoms with Crippen LogP contribution < -0.4 is 5.32 Å². The first-order valence-corrected chi connectivity index (χ1v) is 6.92. The minimum absolute atomic E-state index is 0.126. The van der Waals surface area contributed by atoms with E-state index in [0.29, 0.717) is 13.0 Å². The Kier molecular flexibility index (Phi) is 4.60. The molecule has 1 atom stereocenters. The molecular formula is C13H16FNO2S. The Morgan fingerprint density at radius 1 is 1.61 bits per heavy atom. The van der Waals surface area contributed by atoms with Gasteiger partial charge in [0.05, 0.1) is 13.5 Å². The first kappa shape index (κ1) is 13.4. The predicted octanol–water partition coefficient (Wildman–Crippen LogP) is 2.52. The fraction of sp³-hybridized carbons (Fsp3) is 0.462. The Balaban J connectivity index is 2.00. The van der Waals surface area contributed by atoms with Gasteiger partial charge in [0.1, 0.15) is 5.82 Å². The molecule has 1 aliphatic heterocycles. The molecule has 2 rings (SSSR count). The van der Waals surface area contributed by atoms with Gasteiger partial charge in [0, 0.05) is 17.5 Å². The Labute approximate surface area is 110 Å². The van der Waals surface area contributed by atoms with Crippen LogP contribution in [0.2, 0.25) is 0 Å². The molecule has 98 valence electrons. The van der Waals surface area contributed by atoms with E-state index in [4.69, 9.17) is 0 Å². The summed E-state index contributed by atoms with van der Waals surface area (Å²) in [5, 5.41) is 3.29. The highest BCUT2D eigenvalue weighted by Crippen LogP contribution is 2.37. The number of halogens is 1. The van der Waals surface area contributed by atoms with Gasteiger partial charge in [-0.1, -0.05) is 12.1 Å². The maximum absolute atomic E-state index is 13.6. The number of benzene rings is 1. The number of hydrogen-bond donors (Lipinski definition) is 1. The molecule has 1 aromatic rings. The summed E-state index contributed by atoms with van der Waals surface area (Å²) in [5.74, 6) is 0.508. The number of nitrogens with one attached hydrogen (secondary N) is 1. The monoisotopic (exact) mass is 269 g/mol. The molecule has 0 spiro atoms. The molecule has 0 saturated heterocycles. The molecule has 5 heteroatoms. The molecule has 1 aliphatic rings. The largest absolute Gasteiger partial charge is 0.469 e. The number of fused-ring (bicyclic) bond motifs is 1. The zero-order chi connectivity index (χ0) is 13.0. The number of carbonyl (C=O) groups is 1. The zero-order valence-electron chi connectivity index (χ0n) is 10.2. The van der Waals surface area contributed by atoms with Crippen LogP contribution in [0.5, 0.6) is 0 Å². The highest BCUT2D eigenvalue weighted by molar-refractivity contribution is 7.99. The van der Waals surface area contributed by atoms with Gasteiger partial charge in [0.2, 0.25) is 0 Å². The lowest BCUT2D eigenvalue weighted by Gasteiger charge is -2.26. The van der Waals surface area contributed by atoms with Crippen LogP contribution in [-0.2, 0) is 9.53 Å². The Bertz CT molecular complexity index is 439. The maximum atomic E-state index is 13.6. The molecule has 1 unspecified atom stereocenters. The second-order valence-corrected chi connectivity index (χ2v) is 5.23. The van der Waals surface area contributed by atoms with Gasteiger partial charge >= 0.3 is 5.97 Å². The van der Waals surface area contributed by atoms with E-state index in [1.165, 1.54) is 13.2 Å². The lowest BCUT2D eigenvalue weighted by Crippen LogP contribution is -2.27. The summed E-state index contributed by atoms with van der Waals surface area (Å²) in [6.45, 7) is 0.554. The van der Waals surface area contributed by atoms with E-state index >= 15 is 0 Å². The Morgan fingerprint density at radius 2 is 2.44 bits per heavy atom. The summed E-state index contributed by atoms with van der Waals surface area (Å²) in [6, 6.07) is 5.29. The second-order valence-electron chi connectivity index (χ2n) is 4.13. The van der Waals surface area contributed by atoms with E-state index in [9.17, 15) is 9.18 Å². The Hall–Kier alpha value is -1.07. The van der Waals surface area contributed by atoms with Crippen LogP contribution in [0.3, 0.4) is 0 Å². The van der Waals surface area contributed by atoms with Gasteiger partial charge in [-0.25, -0.2) is 4.39 Å². The van der Waals surface area contributed by atoms with E-state index in [1.807, 2.05) is 6.07 Å². The van der Waals surface area contributed by atoms with E-state index in [0.717, 1.165) is 22.6 Å². The van der Waals surface area contributed by atoms with Crippen molar-refractivity contribution in [1.29, 1.82) is 0 Å². The number of methoxy groups -OCH3 is 1. The van der Waals surface area contributed by atoms with Crippen molar-refractivity contribution in [2.24, 2.45) is 0 Å². The van der Waals surface area contributed by atoms with Crippen molar-refractivity contribution in [1.82, 2.24) is 5.32 Å². The van der Waals surface area contributed by atoms with Gasteiger partial charge in [0.15, 0.2) is 0 Å². The number of thioether (sulfide) groups is 1. The minimum Gasteiger partial charge on any atom is -0.469 e. The summed E-state index contributed by atoms with van der Waals surface area (Å²) < 4.78 is 18.2. The van der Waals surface area contributed by atoms with Crippen molar-refractivity contribution >= 4 is 17.7 Å². The van der Waals surface area contributed by atoms with Gasteiger partial charge in [0.25, 0.3) is 0 Å². The minimum atomic E-state index is -0.229. The molecule has 0 saturated carbocycles. The molecule has 0 amide bonds. The Morgan fingerprint density at radius 3 is 3.22 bits per heavy atom. The average molecular weight is 269 g/mol. The summed E-state index contributed by atoms with van der Waals surface area (Å²) in [6.07, 6.45) is 1.28. The second kappa shape index (κ2) is 6.20. The van der Waals surface area contributed by atoms with Crippen LogP contribution in [0.25, 0.3) is 0 Å². The molecule has 18 heavy (non-hydrogen) atoms. The summed E-state index contributed by atoms with van der Waals surface area (Å²) in [4.78, 5) is 11.8. The van der Waals surface area contributed by atoms with Crippen LogP contribution in [-0.4, -0.2) is 25.4 Å². The third-order valence-electron chi connectivity index (χ3n) is 2.97. The molecule has 3 nitrogen and oxygen atoms in total. The molecule has 0 fully saturated rings. The number of hydrogen-bond acceptors (Lipinski definition) is 4. The van der Waals surface area contributed by atoms with Crippen molar-refractivity contribution < 1.29 is 13.9 Å². The summed E-state index contributed by atoms with van der Waals surface area (Å²) in [5.41, 5.74) is 0.996. The van der Waals surface area contributed by atoms with Gasteiger partial charge in [-0.3, -0.25) is 4.79 Å². The van der Waals surface area contributed by atoms with Gasteiger partial charge in [-0.05, 0) is 23.8 Å². The van der Waals surface area contributed by atoms with Crippen molar-refractivity contribution in [2.45, 2.75) is 23.8 Å². The molecule has 0 radical (unpaired) electrons. The van der Waals surface area contributed by atoms with Gasteiger partial charge in [-0.2, -0.15) is 0 Å². The molecular weight excluding hydrogens is 253 g/mol. The average Bonchev–Trinajstić information content (AvgIpc) is 2.39. The van der Waals surface area contributed by atoms with E-state index in [2.05, 4.69) is 10.1 Å². The first-order valence-electron chi connectivity index (χ1n) is 5.94. The smallest absolute Gasteiger partial charge is 0.306 e. The fourth-order valence-corrected chi connectivity index (χ4v) is 3.19. The lowest BCUT2D eigenvalue weighted by molar-refractivity contribution is -0.140. The van der Waals surface area contributed by atoms with Crippen molar-refractivity contribution in [3.63, 3.8) is 0 Å². The molecule has 1 heterocycles. The molecule has 0 aromatic heterocycles. The third kappa shape index (κ3) is 3.03. The normalized spacial score (nSPS) is 18.2. The quantitative estimate of drug-likeness (QED) is 0.852. The van der Waals surface area contributed by atoms with Crippen molar-refractivity contribution in [3.8, 4) is 0 Å². The van der Waals surface area contributed by atoms with E-state index < -0.39 is 0 Å². The standard InChI is InChI=1S/C13H16FNO2S/c1-17-12(16)5-7-15-11-6-8-18-13-9(11)3-2-4-10(13)14/h2-4,11,15H,5-8H2,1H3. The van der Waals surface area contributed by atoms with Crippen LogP contribution in [0.4, 0.5) is 4.39 Å². The van der Waals surface area contributed by atoms with Crippen molar-refractivity contribution in [2.75, 3.05) is 19.4 Å². The highest BCUT2D eigenvalue weighted by Gasteiger charge is 2.22. The maximum Gasteiger partial charge on any atom is 0.306 e. The summed E-state index contributed by atoms with van der Waals surface area (Å²) >= 11 is 1.56. The van der Waals surface area contributed by atoms with Gasteiger partial charge < -0.3 is 10.1 Å².